The first-order valence-corrected chi connectivity index (χ1v) is 6.28. The number of nitrogens with zero attached hydrogens (tertiary/aromatic N) is 1. The van der Waals surface area contributed by atoms with E-state index in [1.807, 2.05) is 25.1 Å². The van der Waals surface area contributed by atoms with Crippen molar-refractivity contribution >= 4 is 11.7 Å². The number of rotatable bonds is 3. The molecule has 92 valence electrons. The van der Waals surface area contributed by atoms with Gasteiger partial charge in [0.05, 0.1) is 12.5 Å². The maximum absolute atomic E-state index is 11.7. The highest BCUT2D eigenvalue weighted by Gasteiger charge is 2.26. The minimum Gasteiger partial charge on any atom is -0.466 e. The lowest BCUT2D eigenvalue weighted by Gasteiger charge is -2.33. The average Bonchev–Trinajstić information content (AvgIpc) is 2.40. The molecule has 1 heterocycles. The number of carbonyl (C=O) groups is 1. The van der Waals surface area contributed by atoms with E-state index in [0.29, 0.717) is 6.61 Å². The van der Waals surface area contributed by atoms with Crippen molar-refractivity contribution in [2.24, 2.45) is 5.92 Å². The molecule has 1 atom stereocenters. The Morgan fingerprint density at radius 2 is 2.18 bits per heavy atom. The Balaban J connectivity index is 2.00. The number of carbonyl (C=O) groups excluding carboxylic acids is 1. The van der Waals surface area contributed by atoms with Crippen LogP contribution >= 0.6 is 0 Å². The van der Waals surface area contributed by atoms with Gasteiger partial charge >= 0.3 is 5.97 Å². The molecule has 0 radical (unpaired) electrons. The topological polar surface area (TPSA) is 29.5 Å². The van der Waals surface area contributed by atoms with E-state index in [-0.39, 0.29) is 11.9 Å². The van der Waals surface area contributed by atoms with Crippen LogP contribution in [0.4, 0.5) is 5.69 Å². The molecule has 1 fully saturated rings. The second-order valence-corrected chi connectivity index (χ2v) is 4.37. The predicted molar refractivity (Wildman–Crippen MR) is 68.0 cm³/mol. The van der Waals surface area contributed by atoms with Gasteiger partial charge in [0.25, 0.3) is 0 Å². The van der Waals surface area contributed by atoms with Gasteiger partial charge in [0.15, 0.2) is 0 Å². The number of hydrogen-bond donors (Lipinski definition) is 0. The summed E-state index contributed by atoms with van der Waals surface area (Å²) >= 11 is 0. The molecule has 3 nitrogen and oxygen atoms in total. The fourth-order valence-electron chi connectivity index (χ4n) is 2.30. The van der Waals surface area contributed by atoms with Crippen LogP contribution in [-0.4, -0.2) is 25.7 Å². The van der Waals surface area contributed by atoms with Gasteiger partial charge in [-0.1, -0.05) is 18.2 Å². The van der Waals surface area contributed by atoms with E-state index in [0.717, 1.165) is 25.9 Å². The van der Waals surface area contributed by atoms with Crippen LogP contribution < -0.4 is 4.90 Å². The number of hydrogen-bond acceptors (Lipinski definition) is 3. The highest BCUT2D eigenvalue weighted by Crippen LogP contribution is 2.23. The molecule has 0 aliphatic carbocycles. The number of para-hydroxylation sites is 1. The molecule has 0 unspecified atom stereocenters. The maximum atomic E-state index is 11.7. The second-order valence-electron chi connectivity index (χ2n) is 4.37. The minimum absolute atomic E-state index is 0.0314. The molecule has 1 aliphatic rings. The Bertz CT molecular complexity index is 364. The molecular formula is C14H19NO2. The van der Waals surface area contributed by atoms with Gasteiger partial charge in [0.2, 0.25) is 0 Å². The SMILES string of the molecule is CCOC(=O)[C@@H]1CCCN(c2ccccc2)C1. The first-order valence-electron chi connectivity index (χ1n) is 6.28. The van der Waals surface area contributed by atoms with Crippen molar-refractivity contribution < 1.29 is 9.53 Å². The number of benzene rings is 1. The van der Waals surface area contributed by atoms with Crippen LogP contribution in [0.15, 0.2) is 30.3 Å². The molecule has 1 aromatic carbocycles. The summed E-state index contributed by atoms with van der Waals surface area (Å²) in [6.45, 7) is 4.14. The van der Waals surface area contributed by atoms with Crippen LogP contribution in [0, 0.1) is 5.92 Å². The average molecular weight is 233 g/mol. The zero-order chi connectivity index (χ0) is 12.1. The smallest absolute Gasteiger partial charge is 0.310 e. The van der Waals surface area contributed by atoms with E-state index in [9.17, 15) is 4.79 Å². The van der Waals surface area contributed by atoms with E-state index in [2.05, 4.69) is 17.0 Å². The summed E-state index contributed by atoms with van der Waals surface area (Å²) in [6.07, 6.45) is 2.00. The molecule has 0 N–H and O–H groups in total. The summed E-state index contributed by atoms with van der Waals surface area (Å²) in [5.74, 6) is -0.0166. The van der Waals surface area contributed by atoms with Gasteiger partial charge in [-0.15, -0.1) is 0 Å². The number of esters is 1. The van der Waals surface area contributed by atoms with Crippen LogP contribution in [0.1, 0.15) is 19.8 Å². The third-order valence-corrected chi connectivity index (χ3v) is 3.16. The zero-order valence-corrected chi connectivity index (χ0v) is 10.3. The molecule has 2 rings (SSSR count). The predicted octanol–water partition coefficient (Wildman–Crippen LogP) is 2.47. The van der Waals surface area contributed by atoms with Crippen LogP contribution in [0.3, 0.4) is 0 Å². The Labute approximate surface area is 102 Å². The molecule has 0 saturated carbocycles. The lowest BCUT2D eigenvalue weighted by Crippen LogP contribution is -2.39. The number of piperidine rings is 1. The zero-order valence-electron chi connectivity index (χ0n) is 10.3. The van der Waals surface area contributed by atoms with Crippen molar-refractivity contribution in [2.75, 3.05) is 24.6 Å². The molecular weight excluding hydrogens is 214 g/mol. The van der Waals surface area contributed by atoms with Gasteiger partial charge in [0, 0.05) is 18.8 Å². The van der Waals surface area contributed by atoms with Crippen molar-refractivity contribution in [3.05, 3.63) is 30.3 Å². The lowest BCUT2D eigenvalue weighted by atomic mass is 9.97. The Hall–Kier alpha value is -1.51. The summed E-state index contributed by atoms with van der Waals surface area (Å²) in [5, 5.41) is 0. The van der Waals surface area contributed by atoms with Gasteiger partial charge in [-0.05, 0) is 31.9 Å². The first kappa shape index (κ1) is 12.0. The largest absolute Gasteiger partial charge is 0.466 e. The van der Waals surface area contributed by atoms with Gasteiger partial charge in [0.1, 0.15) is 0 Å². The number of ether oxygens (including phenoxy) is 1. The maximum Gasteiger partial charge on any atom is 0.310 e. The molecule has 0 spiro atoms. The van der Waals surface area contributed by atoms with Crippen molar-refractivity contribution in [3.63, 3.8) is 0 Å². The van der Waals surface area contributed by atoms with Crippen LogP contribution in [0.5, 0.6) is 0 Å². The fourth-order valence-corrected chi connectivity index (χ4v) is 2.30. The Kier molecular flexibility index (Phi) is 4.02. The molecule has 0 amide bonds. The first-order chi connectivity index (χ1) is 8.31. The van der Waals surface area contributed by atoms with Crippen LogP contribution in [0.2, 0.25) is 0 Å². The Morgan fingerprint density at radius 3 is 2.88 bits per heavy atom. The molecule has 1 saturated heterocycles. The van der Waals surface area contributed by atoms with Crippen LogP contribution in [0.25, 0.3) is 0 Å². The molecule has 1 aromatic rings. The second kappa shape index (κ2) is 5.71. The third-order valence-electron chi connectivity index (χ3n) is 3.16. The van der Waals surface area contributed by atoms with Crippen LogP contribution in [-0.2, 0) is 9.53 Å². The van der Waals surface area contributed by atoms with Gasteiger partial charge < -0.3 is 9.64 Å². The van der Waals surface area contributed by atoms with Gasteiger partial charge in [-0.2, -0.15) is 0 Å². The van der Waals surface area contributed by atoms with Crippen molar-refractivity contribution in [1.82, 2.24) is 0 Å². The minimum atomic E-state index is -0.0480. The summed E-state index contributed by atoms with van der Waals surface area (Å²) in [4.78, 5) is 14.0. The van der Waals surface area contributed by atoms with E-state index in [1.54, 1.807) is 0 Å². The monoisotopic (exact) mass is 233 g/mol. The lowest BCUT2D eigenvalue weighted by molar-refractivity contribution is -0.148. The highest BCUT2D eigenvalue weighted by atomic mass is 16.5. The van der Waals surface area contributed by atoms with E-state index >= 15 is 0 Å². The molecule has 0 bridgehead atoms. The summed E-state index contributed by atoms with van der Waals surface area (Å²) in [7, 11) is 0. The van der Waals surface area contributed by atoms with E-state index < -0.39 is 0 Å². The van der Waals surface area contributed by atoms with E-state index in [4.69, 9.17) is 4.74 Å². The third kappa shape index (κ3) is 2.99. The Morgan fingerprint density at radius 1 is 1.41 bits per heavy atom. The summed E-state index contributed by atoms with van der Waals surface area (Å²) in [6, 6.07) is 10.3. The summed E-state index contributed by atoms with van der Waals surface area (Å²) in [5.41, 5.74) is 1.20. The fraction of sp³-hybridized carbons (Fsp3) is 0.500. The summed E-state index contributed by atoms with van der Waals surface area (Å²) < 4.78 is 5.10. The van der Waals surface area contributed by atoms with Gasteiger partial charge in [-0.25, -0.2) is 0 Å². The quantitative estimate of drug-likeness (QED) is 0.751. The van der Waals surface area contributed by atoms with Crippen molar-refractivity contribution in [1.29, 1.82) is 0 Å². The number of anilines is 1. The molecule has 1 aliphatic heterocycles. The standard InChI is InChI=1S/C14H19NO2/c1-2-17-14(16)12-7-6-10-15(11-12)13-8-4-3-5-9-13/h3-5,8-9,12H,2,6-7,10-11H2,1H3/t12-/m1/s1. The molecule has 0 aromatic heterocycles. The van der Waals surface area contributed by atoms with Gasteiger partial charge in [-0.3, -0.25) is 4.79 Å². The normalized spacial score (nSPS) is 20.1. The van der Waals surface area contributed by atoms with Crippen molar-refractivity contribution in [3.8, 4) is 0 Å². The highest BCUT2D eigenvalue weighted by molar-refractivity contribution is 5.73. The van der Waals surface area contributed by atoms with Crippen molar-refractivity contribution in [2.45, 2.75) is 19.8 Å². The molecule has 17 heavy (non-hydrogen) atoms. The van der Waals surface area contributed by atoms with E-state index in [1.165, 1.54) is 5.69 Å². The molecule has 3 heteroatoms.